The quantitative estimate of drug-likeness (QED) is 0.485. The Hall–Kier alpha value is -2.17. The van der Waals surface area contributed by atoms with E-state index in [2.05, 4.69) is 13.8 Å². The van der Waals surface area contributed by atoms with E-state index in [4.69, 9.17) is 26.1 Å². The van der Waals surface area contributed by atoms with Gasteiger partial charge in [-0.25, -0.2) is 4.79 Å². The number of fused-ring (bicyclic) bond motifs is 1. The summed E-state index contributed by atoms with van der Waals surface area (Å²) < 4.78 is 11.4. The van der Waals surface area contributed by atoms with Gasteiger partial charge in [0.05, 0.1) is 12.7 Å². The highest BCUT2D eigenvalue weighted by molar-refractivity contribution is 6.30. The molecule has 1 aliphatic rings. The molecule has 1 aliphatic carbocycles. The maximum atomic E-state index is 13.0. The second-order valence-electron chi connectivity index (χ2n) is 9.21. The van der Waals surface area contributed by atoms with Crippen LogP contribution in [0, 0.1) is 6.92 Å². The SMILES string of the molecule is COC(=O)C(OC(C)(C)C)c1c(C)nc2c(c1-c1ccc(Cl)cc1)C(C)=C(C)CCC2. The third-order valence-corrected chi connectivity index (χ3v) is 6.01. The Morgan fingerprint density at radius 3 is 2.29 bits per heavy atom. The van der Waals surface area contributed by atoms with Gasteiger partial charge < -0.3 is 9.47 Å². The van der Waals surface area contributed by atoms with Crippen LogP contribution < -0.4 is 0 Å². The van der Waals surface area contributed by atoms with E-state index in [1.54, 1.807) is 0 Å². The van der Waals surface area contributed by atoms with Crippen LogP contribution in [0.2, 0.25) is 5.02 Å². The molecule has 0 saturated heterocycles. The number of pyridine rings is 1. The number of esters is 1. The minimum atomic E-state index is -0.884. The summed E-state index contributed by atoms with van der Waals surface area (Å²) in [5.41, 5.74) is 7.70. The molecule has 31 heavy (non-hydrogen) atoms. The minimum absolute atomic E-state index is 0.429. The number of rotatable bonds is 4. The Morgan fingerprint density at radius 1 is 1.06 bits per heavy atom. The van der Waals surface area contributed by atoms with Crippen LogP contribution in [0.3, 0.4) is 0 Å². The molecule has 1 unspecified atom stereocenters. The molecule has 4 nitrogen and oxygen atoms in total. The van der Waals surface area contributed by atoms with E-state index in [-0.39, 0.29) is 0 Å². The number of ether oxygens (including phenoxy) is 2. The van der Waals surface area contributed by atoms with Gasteiger partial charge >= 0.3 is 5.97 Å². The number of hydrogen-bond donors (Lipinski definition) is 0. The highest BCUT2D eigenvalue weighted by Crippen LogP contribution is 2.43. The summed E-state index contributed by atoms with van der Waals surface area (Å²) in [6.07, 6.45) is 2.11. The van der Waals surface area contributed by atoms with Crippen LogP contribution in [0.5, 0.6) is 0 Å². The number of halogens is 1. The van der Waals surface area contributed by atoms with E-state index < -0.39 is 17.7 Å². The summed E-state index contributed by atoms with van der Waals surface area (Å²) in [6, 6.07) is 7.76. The second-order valence-corrected chi connectivity index (χ2v) is 9.64. The van der Waals surface area contributed by atoms with Gasteiger partial charge in [0.25, 0.3) is 0 Å². The minimum Gasteiger partial charge on any atom is -0.467 e. The van der Waals surface area contributed by atoms with Crippen molar-refractivity contribution >= 4 is 23.1 Å². The molecule has 0 saturated carbocycles. The fraction of sp³-hybridized carbons (Fsp3) is 0.462. The molecule has 1 aromatic heterocycles. The Bertz CT molecular complexity index is 1020. The lowest BCUT2D eigenvalue weighted by molar-refractivity contribution is -0.164. The van der Waals surface area contributed by atoms with Crippen molar-refractivity contribution < 1.29 is 14.3 Å². The van der Waals surface area contributed by atoms with Crippen LogP contribution in [0.1, 0.15) is 76.1 Å². The zero-order valence-electron chi connectivity index (χ0n) is 19.6. The molecule has 1 atom stereocenters. The molecule has 3 rings (SSSR count). The average molecular weight is 442 g/mol. The first-order valence-electron chi connectivity index (χ1n) is 10.7. The van der Waals surface area contributed by atoms with Crippen LogP contribution in [-0.2, 0) is 20.7 Å². The first-order valence-corrected chi connectivity index (χ1v) is 11.1. The van der Waals surface area contributed by atoms with Gasteiger partial charge in [-0.05, 0) is 89.6 Å². The number of hydrogen-bond acceptors (Lipinski definition) is 4. The number of methoxy groups -OCH3 is 1. The van der Waals surface area contributed by atoms with E-state index in [0.29, 0.717) is 5.02 Å². The molecule has 1 heterocycles. The van der Waals surface area contributed by atoms with Crippen molar-refractivity contribution in [3.63, 3.8) is 0 Å². The molecule has 2 aromatic rings. The zero-order chi connectivity index (χ0) is 22.9. The Balaban J connectivity index is 2.42. The van der Waals surface area contributed by atoms with Crippen molar-refractivity contribution in [3.8, 4) is 11.1 Å². The Morgan fingerprint density at radius 2 is 1.71 bits per heavy atom. The molecule has 5 heteroatoms. The standard InChI is InChI=1S/C26H32ClNO3/c1-15-9-8-10-20-21(16(15)2)23(18-11-13-19(27)14-12-18)22(17(3)28-20)24(25(29)30-7)31-26(4,5)6/h11-14,24H,8-10H2,1-7H3. The van der Waals surface area contributed by atoms with E-state index in [1.165, 1.54) is 18.3 Å². The number of benzene rings is 1. The van der Waals surface area contributed by atoms with Crippen molar-refractivity contribution in [2.75, 3.05) is 7.11 Å². The number of carbonyl (C=O) groups is 1. The van der Waals surface area contributed by atoms with Gasteiger partial charge in [-0.3, -0.25) is 4.98 Å². The Labute approximate surface area is 190 Å². The second kappa shape index (κ2) is 9.13. The third kappa shape index (κ3) is 5.02. The van der Waals surface area contributed by atoms with Crippen molar-refractivity contribution in [3.05, 3.63) is 57.4 Å². The van der Waals surface area contributed by atoms with Crippen LogP contribution in [0.15, 0.2) is 29.8 Å². The molecular weight excluding hydrogens is 410 g/mol. The zero-order valence-corrected chi connectivity index (χ0v) is 20.3. The highest BCUT2D eigenvalue weighted by Gasteiger charge is 2.34. The van der Waals surface area contributed by atoms with E-state index in [0.717, 1.165) is 52.9 Å². The van der Waals surface area contributed by atoms with Crippen LogP contribution in [-0.4, -0.2) is 23.7 Å². The summed E-state index contributed by atoms with van der Waals surface area (Å²) in [5.74, 6) is -0.429. The molecule has 166 valence electrons. The number of nitrogens with zero attached hydrogens (tertiary/aromatic N) is 1. The molecule has 0 bridgehead atoms. The summed E-state index contributed by atoms with van der Waals surface area (Å²) in [7, 11) is 1.39. The molecule has 0 N–H and O–H groups in total. The van der Waals surface area contributed by atoms with Gasteiger partial charge in [0.2, 0.25) is 0 Å². The Kier molecular flexibility index (Phi) is 6.92. The van der Waals surface area contributed by atoms with Gasteiger partial charge in [0.1, 0.15) is 0 Å². The monoisotopic (exact) mass is 441 g/mol. The van der Waals surface area contributed by atoms with Crippen LogP contribution in [0.25, 0.3) is 16.7 Å². The smallest absolute Gasteiger partial charge is 0.339 e. The van der Waals surface area contributed by atoms with Crippen LogP contribution in [0.4, 0.5) is 0 Å². The van der Waals surface area contributed by atoms with Gasteiger partial charge in [-0.1, -0.05) is 29.3 Å². The normalized spacial score (nSPS) is 15.4. The average Bonchev–Trinajstić information content (AvgIpc) is 2.83. The molecular formula is C26H32ClNO3. The largest absolute Gasteiger partial charge is 0.467 e. The predicted octanol–water partition coefficient (Wildman–Crippen LogP) is 6.87. The van der Waals surface area contributed by atoms with Crippen molar-refractivity contribution in [2.45, 2.75) is 72.5 Å². The fourth-order valence-corrected chi connectivity index (χ4v) is 4.33. The number of aryl methyl sites for hydroxylation is 2. The molecule has 1 aromatic carbocycles. The highest BCUT2D eigenvalue weighted by atomic mass is 35.5. The van der Waals surface area contributed by atoms with Crippen molar-refractivity contribution in [1.29, 1.82) is 0 Å². The molecule has 0 fully saturated rings. The topological polar surface area (TPSA) is 48.4 Å². The van der Waals surface area contributed by atoms with E-state index in [1.807, 2.05) is 52.0 Å². The lowest BCUT2D eigenvalue weighted by atomic mass is 9.85. The molecule has 0 aliphatic heterocycles. The van der Waals surface area contributed by atoms with Gasteiger partial charge in [-0.2, -0.15) is 0 Å². The van der Waals surface area contributed by atoms with E-state index >= 15 is 0 Å². The lowest BCUT2D eigenvalue weighted by Gasteiger charge is -2.30. The molecule has 0 amide bonds. The van der Waals surface area contributed by atoms with E-state index in [9.17, 15) is 4.79 Å². The summed E-state index contributed by atoms with van der Waals surface area (Å²) in [6.45, 7) is 12.1. The fourth-order valence-electron chi connectivity index (χ4n) is 4.21. The number of allylic oxidation sites excluding steroid dienone is 2. The summed E-state index contributed by atoms with van der Waals surface area (Å²) >= 11 is 6.19. The van der Waals surface area contributed by atoms with Gasteiger partial charge in [0, 0.05) is 27.5 Å². The lowest BCUT2D eigenvalue weighted by Crippen LogP contribution is -2.29. The van der Waals surface area contributed by atoms with Crippen molar-refractivity contribution in [2.24, 2.45) is 0 Å². The van der Waals surface area contributed by atoms with Crippen molar-refractivity contribution in [1.82, 2.24) is 4.98 Å². The number of aromatic nitrogens is 1. The number of carbonyl (C=O) groups excluding carboxylic acids is 1. The summed E-state index contributed by atoms with van der Waals surface area (Å²) in [5, 5.41) is 0.668. The van der Waals surface area contributed by atoms with Gasteiger partial charge in [-0.15, -0.1) is 0 Å². The molecule has 0 spiro atoms. The third-order valence-electron chi connectivity index (χ3n) is 5.76. The summed E-state index contributed by atoms with van der Waals surface area (Å²) in [4.78, 5) is 17.9. The maximum Gasteiger partial charge on any atom is 0.339 e. The predicted molar refractivity (Wildman–Crippen MR) is 126 cm³/mol. The first-order chi connectivity index (χ1) is 14.5. The van der Waals surface area contributed by atoms with Gasteiger partial charge in [0.15, 0.2) is 6.10 Å². The first kappa shape index (κ1) is 23.5. The van der Waals surface area contributed by atoms with Crippen LogP contribution >= 0.6 is 11.6 Å². The maximum absolute atomic E-state index is 13.0. The molecule has 0 radical (unpaired) electrons.